The van der Waals surface area contributed by atoms with Crippen molar-refractivity contribution in [2.75, 3.05) is 5.75 Å². The first kappa shape index (κ1) is 14.8. The summed E-state index contributed by atoms with van der Waals surface area (Å²) in [6.07, 6.45) is 0.0350. The Balaban J connectivity index is 2.51. The second-order valence-corrected chi connectivity index (χ2v) is 6.40. The molecule has 0 saturated carbocycles. The predicted octanol–water partition coefficient (Wildman–Crippen LogP) is 1.90. The molecule has 2 rings (SSSR count). The Morgan fingerprint density at radius 3 is 2.42 bits per heavy atom. The van der Waals surface area contributed by atoms with Crippen molar-refractivity contribution in [2.24, 2.45) is 0 Å². The average Bonchev–Trinajstić information content (AvgIpc) is 2.72. The van der Waals surface area contributed by atoms with Gasteiger partial charge in [0.2, 0.25) is 0 Å². The van der Waals surface area contributed by atoms with Gasteiger partial charge in [0.15, 0.2) is 0 Å². The van der Waals surface area contributed by atoms with E-state index >= 15 is 0 Å². The SMILES string of the molecule is O=S(=O)(O)CC1(c2cc(F)c(Br)c(F)c2)C[CH]ON1. The molecule has 1 atom stereocenters. The summed E-state index contributed by atoms with van der Waals surface area (Å²) in [4.78, 5) is 4.76. The Labute approximate surface area is 116 Å². The van der Waals surface area contributed by atoms with Crippen molar-refractivity contribution in [1.29, 1.82) is 0 Å². The van der Waals surface area contributed by atoms with Crippen molar-refractivity contribution in [3.63, 3.8) is 0 Å². The van der Waals surface area contributed by atoms with Gasteiger partial charge >= 0.3 is 0 Å². The van der Waals surface area contributed by atoms with E-state index in [1.54, 1.807) is 0 Å². The molecule has 105 valence electrons. The smallest absolute Gasteiger partial charge is 0.267 e. The molecule has 1 fully saturated rings. The zero-order valence-corrected chi connectivity index (χ0v) is 11.8. The van der Waals surface area contributed by atoms with Crippen LogP contribution in [0.1, 0.15) is 12.0 Å². The van der Waals surface area contributed by atoms with Gasteiger partial charge in [0.05, 0.1) is 10.0 Å². The van der Waals surface area contributed by atoms with Crippen molar-refractivity contribution in [2.45, 2.75) is 12.0 Å². The fourth-order valence-corrected chi connectivity index (χ4v) is 3.07. The highest BCUT2D eigenvalue weighted by Gasteiger charge is 2.41. The second kappa shape index (κ2) is 5.06. The number of rotatable bonds is 3. The van der Waals surface area contributed by atoms with E-state index in [0.717, 1.165) is 12.1 Å². The molecule has 1 heterocycles. The molecule has 0 aliphatic carbocycles. The Morgan fingerprint density at radius 1 is 1.42 bits per heavy atom. The molecule has 9 heteroatoms. The van der Waals surface area contributed by atoms with Crippen LogP contribution in [0.2, 0.25) is 0 Å². The molecule has 0 aromatic heterocycles. The number of hydrogen-bond acceptors (Lipinski definition) is 4. The van der Waals surface area contributed by atoms with Gasteiger partial charge in [-0.25, -0.2) is 8.78 Å². The monoisotopic (exact) mass is 356 g/mol. The summed E-state index contributed by atoms with van der Waals surface area (Å²) in [6, 6.07) is 1.96. The van der Waals surface area contributed by atoms with Crippen LogP contribution < -0.4 is 5.48 Å². The third kappa shape index (κ3) is 3.11. The Morgan fingerprint density at radius 2 is 2.00 bits per heavy atom. The third-order valence-corrected chi connectivity index (χ3v) is 4.35. The lowest BCUT2D eigenvalue weighted by atomic mass is 9.90. The Bertz CT molecular complexity index is 579. The first-order chi connectivity index (χ1) is 8.73. The van der Waals surface area contributed by atoms with E-state index in [4.69, 9.17) is 9.39 Å². The van der Waals surface area contributed by atoms with E-state index in [0.29, 0.717) is 0 Å². The molecule has 0 bridgehead atoms. The lowest BCUT2D eigenvalue weighted by Gasteiger charge is -2.26. The molecule has 1 radical (unpaired) electrons. The largest absolute Gasteiger partial charge is 0.295 e. The van der Waals surface area contributed by atoms with Crippen LogP contribution in [0.4, 0.5) is 8.78 Å². The first-order valence-electron chi connectivity index (χ1n) is 5.08. The Kier molecular flexibility index (Phi) is 3.94. The van der Waals surface area contributed by atoms with Crippen LogP contribution in [0.3, 0.4) is 0 Å². The van der Waals surface area contributed by atoms with Gasteiger partial charge in [-0.15, -0.1) is 0 Å². The maximum Gasteiger partial charge on any atom is 0.267 e. The van der Waals surface area contributed by atoms with E-state index < -0.39 is 33.0 Å². The number of halogens is 3. The van der Waals surface area contributed by atoms with Crippen LogP contribution in [0.5, 0.6) is 0 Å². The molecule has 0 amide bonds. The quantitative estimate of drug-likeness (QED) is 0.639. The van der Waals surface area contributed by atoms with Crippen molar-refractivity contribution in [3.8, 4) is 0 Å². The summed E-state index contributed by atoms with van der Waals surface area (Å²) in [5.41, 5.74) is 0.978. The molecular weight excluding hydrogens is 348 g/mol. The summed E-state index contributed by atoms with van der Waals surface area (Å²) in [6.45, 7) is 1.25. The molecule has 1 aromatic rings. The van der Waals surface area contributed by atoms with Crippen LogP contribution in [0.25, 0.3) is 0 Å². The van der Waals surface area contributed by atoms with Gasteiger partial charge in [-0.1, -0.05) is 0 Å². The lowest BCUT2D eigenvalue weighted by molar-refractivity contribution is 0.0968. The zero-order valence-electron chi connectivity index (χ0n) is 9.36. The van der Waals surface area contributed by atoms with E-state index in [1.807, 2.05) is 0 Å². The topological polar surface area (TPSA) is 75.6 Å². The summed E-state index contributed by atoms with van der Waals surface area (Å²) in [5.74, 6) is -2.52. The summed E-state index contributed by atoms with van der Waals surface area (Å²) in [7, 11) is -4.37. The number of nitrogens with one attached hydrogen (secondary N) is 1. The van der Waals surface area contributed by atoms with Gasteiger partial charge in [0, 0.05) is 6.42 Å². The highest BCUT2D eigenvalue weighted by atomic mass is 79.9. The van der Waals surface area contributed by atoms with Gasteiger partial charge in [0.1, 0.15) is 24.0 Å². The van der Waals surface area contributed by atoms with Crippen LogP contribution in [-0.2, 0) is 20.5 Å². The van der Waals surface area contributed by atoms with Gasteiger partial charge in [0.25, 0.3) is 10.1 Å². The predicted molar refractivity (Wildman–Crippen MR) is 65.3 cm³/mol. The molecule has 1 saturated heterocycles. The minimum atomic E-state index is -4.37. The van der Waals surface area contributed by atoms with Crippen LogP contribution in [0.15, 0.2) is 16.6 Å². The fourth-order valence-electron chi connectivity index (χ4n) is 1.87. The van der Waals surface area contributed by atoms with E-state index in [-0.39, 0.29) is 16.5 Å². The number of hydrogen-bond donors (Lipinski definition) is 2. The maximum absolute atomic E-state index is 13.5. The molecular formula is C10H9BrF2NO4S. The molecule has 0 spiro atoms. The summed E-state index contributed by atoms with van der Waals surface area (Å²) in [5, 5.41) is 0. The molecule has 1 aromatic carbocycles. The van der Waals surface area contributed by atoms with E-state index in [2.05, 4.69) is 21.4 Å². The molecule has 1 aliphatic rings. The highest BCUT2D eigenvalue weighted by Crippen LogP contribution is 2.35. The van der Waals surface area contributed by atoms with E-state index in [9.17, 15) is 17.2 Å². The van der Waals surface area contributed by atoms with Gasteiger partial charge < -0.3 is 0 Å². The zero-order chi connectivity index (χ0) is 14.3. The van der Waals surface area contributed by atoms with Crippen LogP contribution >= 0.6 is 15.9 Å². The maximum atomic E-state index is 13.5. The molecule has 19 heavy (non-hydrogen) atoms. The minimum absolute atomic E-state index is 0.0251. The van der Waals surface area contributed by atoms with Crippen LogP contribution in [0, 0.1) is 18.2 Å². The third-order valence-electron chi connectivity index (χ3n) is 2.73. The van der Waals surface area contributed by atoms with Crippen molar-refractivity contribution in [1.82, 2.24) is 5.48 Å². The second-order valence-electron chi connectivity index (χ2n) is 4.15. The summed E-state index contributed by atoms with van der Waals surface area (Å²) >= 11 is 2.72. The highest BCUT2D eigenvalue weighted by molar-refractivity contribution is 9.10. The molecule has 5 nitrogen and oxygen atoms in total. The number of hydroxylamine groups is 1. The van der Waals surface area contributed by atoms with Gasteiger partial charge in [-0.2, -0.15) is 13.9 Å². The Hall–Kier alpha value is -0.610. The van der Waals surface area contributed by atoms with Crippen molar-refractivity contribution in [3.05, 3.63) is 40.4 Å². The minimum Gasteiger partial charge on any atom is -0.295 e. The molecule has 1 unspecified atom stereocenters. The first-order valence-corrected chi connectivity index (χ1v) is 7.48. The standard InChI is InChI=1S/C10H9BrF2NO4S/c11-9-7(12)3-6(4-8(9)13)10(1-2-18-14-10)5-19(15,16)17/h2-4,14H,1,5H2,(H,15,16,17). The lowest BCUT2D eigenvalue weighted by Crippen LogP contribution is -2.42. The average molecular weight is 357 g/mol. The van der Waals surface area contributed by atoms with Gasteiger partial charge in [-0.05, 0) is 33.6 Å². The molecule has 2 N–H and O–H groups in total. The van der Waals surface area contributed by atoms with Gasteiger partial charge in [-0.3, -0.25) is 9.39 Å². The van der Waals surface area contributed by atoms with E-state index in [1.165, 1.54) is 6.61 Å². The normalized spacial score (nSPS) is 23.8. The molecule has 1 aliphatic heterocycles. The van der Waals surface area contributed by atoms with Crippen molar-refractivity contribution >= 4 is 26.0 Å². The van der Waals surface area contributed by atoms with Crippen LogP contribution in [-0.4, -0.2) is 18.7 Å². The number of benzene rings is 1. The fraction of sp³-hybridized carbons (Fsp3) is 0.300. The summed E-state index contributed by atoms with van der Waals surface area (Å²) < 4.78 is 57.8. The van der Waals surface area contributed by atoms with Crippen molar-refractivity contribution < 1.29 is 26.6 Å².